The van der Waals surface area contributed by atoms with Crippen molar-refractivity contribution >= 4 is 5.91 Å². The van der Waals surface area contributed by atoms with Gasteiger partial charge >= 0.3 is 0 Å². The van der Waals surface area contributed by atoms with Crippen LogP contribution in [0.2, 0.25) is 0 Å². The van der Waals surface area contributed by atoms with Gasteiger partial charge in [-0.25, -0.2) is 5.48 Å². The average Bonchev–Trinajstić information content (AvgIpc) is 2.06. The molecular weight excluding hydrogens is 142 g/mol. The molecular formula is C8H15NO2. The molecule has 0 atom stereocenters. The van der Waals surface area contributed by atoms with E-state index in [0.29, 0.717) is 12.3 Å². The molecule has 2 N–H and O–H groups in total. The molecule has 64 valence electrons. The minimum absolute atomic E-state index is 0.239. The van der Waals surface area contributed by atoms with E-state index in [1.54, 1.807) is 5.48 Å². The number of hydroxylamine groups is 1. The van der Waals surface area contributed by atoms with Gasteiger partial charge in [0.1, 0.15) is 0 Å². The Bertz CT molecular complexity index is 130. The summed E-state index contributed by atoms with van der Waals surface area (Å²) < 4.78 is 0. The molecule has 0 saturated heterocycles. The minimum Gasteiger partial charge on any atom is -0.289 e. The predicted octanol–water partition coefficient (Wildman–Crippen LogP) is 1.46. The maximum Gasteiger partial charge on any atom is 0.243 e. The molecule has 11 heavy (non-hydrogen) atoms. The van der Waals surface area contributed by atoms with Crippen LogP contribution in [0, 0.1) is 5.92 Å². The number of carbonyl (C=O) groups excluding carboxylic acids is 1. The van der Waals surface area contributed by atoms with Crippen LogP contribution in [-0.2, 0) is 4.79 Å². The van der Waals surface area contributed by atoms with E-state index in [1.807, 2.05) is 0 Å². The van der Waals surface area contributed by atoms with Crippen molar-refractivity contribution in [2.75, 3.05) is 0 Å². The summed E-state index contributed by atoms with van der Waals surface area (Å²) >= 11 is 0. The van der Waals surface area contributed by atoms with Crippen LogP contribution in [-0.4, -0.2) is 11.1 Å². The fourth-order valence-electron chi connectivity index (χ4n) is 1.70. The summed E-state index contributed by atoms with van der Waals surface area (Å²) in [5.74, 6) is 0.271. The first-order chi connectivity index (χ1) is 5.33. The third-order valence-electron chi connectivity index (χ3n) is 2.32. The molecule has 1 fully saturated rings. The lowest BCUT2D eigenvalue weighted by molar-refractivity contribution is -0.130. The van der Waals surface area contributed by atoms with Crippen LogP contribution < -0.4 is 5.48 Å². The Kier molecular flexibility index (Phi) is 3.36. The molecule has 1 amide bonds. The topological polar surface area (TPSA) is 49.3 Å². The number of hydrogen-bond acceptors (Lipinski definition) is 2. The van der Waals surface area contributed by atoms with Gasteiger partial charge in [0.15, 0.2) is 0 Å². The molecule has 0 aromatic carbocycles. The number of hydrogen-bond donors (Lipinski definition) is 2. The highest BCUT2D eigenvalue weighted by atomic mass is 16.5. The summed E-state index contributed by atoms with van der Waals surface area (Å²) in [6.45, 7) is 0. The molecule has 0 unspecified atom stereocenters. The number of rotatable bonds is 2. The SMILES string of the molecule is O=C(CC1CCCCC1)NO. The van der Waals surface area contributed by atoms with E-state index < -0.39 is 0 Å². The highest BCUT2D eigenvalue weighted by Crippen LogP contribution is 2.25. The predicted molar refractivity (Wildman–Crippen MR) is 41.1 cm³/mol. The quantitative estimate of drug-likeness (QED) is 0.471. The molecule has 1 aliphatic carbocycles. The third-order valence-corrected chi connectivity index (χ3v) is 2.32. The first-order valence-electron chi connectivity index (χ1n) is 4.26. The third kappa shape index (κ3) is 2.89. The van der Waals surface area contributed by atoms with Crippen molar-refractivity contribution in [3.8, 4) is 0 Å². The number of amides is 1. The van der Waals surface area contributed by atoms with E-state index in [-0.39, 0.29) is 5.91 Å². The average molecular weight is 157 g/mol. The van der Waals surface area contributed by atoms with Gasteiger partial charge in [0, 0.05) is 6.42 Å². The molecule has 1 rings (SSSR count). The zero-order chi connectivity index (χ0) is 8.10. The van der Waals surface area contributed by atoms with E-state index in [2.05, 4.69) is 0 Å². The Hall–Kier alpha value is -0.570. The van der Waals surface area contributed by atoms with Crippen molar-refractivity contribution in [3.05, 3.63) is 0 Å². The van der Waals surface area contributed by atoms with Crippen LogP contribution >= 0.6 is 0 Å². The second-order valence-electron chi connectivity index (χ2n) is 3.24. The maximum atomic E-state index is 10.7. The molecule has 0 aromatic rings. The summed E-state index contributed by atoms with van der Waals surface area (Å²) in [7, 11) is 0. The molecule has 3 nitrogen and oxygen atoms in total. The van der Waals surface area contributed by atoms with Gasteiger partial charge in [-0.3, -0.25) is 10.0 Å². The molecule has 0 aromatic heterocycles. The van der Waals surface area contributed by atoms with Crippen LogP contribution in [0.3, 0.4) is 0 Å². The normalized spacial score (nSPS) is 19.7. The van der Waals surface area contributed by atoms with E-state index in [9.17, 15) is 4.79 Å². The van der Waals surface area contributed by atoms with E-state index in [4.69, 9.17) is 5.21 Å². The Balaban J connectivity index is 2.19. The maximum absolute atomic E-state index is 10.7. The lowest BCUT2D eigenvalue weighted by atomic mass is 9.87. The van der Waals surface area contributed by atoms with Gasteiger partial charge in [-0.15, -0.1) is 0 Å². The van der Waals surface area contributed by atoms with E-state index >= 15 is 0 Å². The van der Waals surface area contributed by atoms with Crippen molar-refractivity contribution in [3.63, 3.8) is 0 Å². The summed E-state index contributed by atoms with van der Waals surface area (Å²) in [5.41, 5.74) is 1.67. The van der Waals surface area contributed by atoms with Gasteiger partial charge < -0.3 is 0 Å². The minimum atomic E-state index is -0.239. The zero-order valence-corrected chi connectivity index (χ0v) is 6.68. The largest absolute Gasteiger partial charge is 0.289 e. The molecule has 0 aliphatic heterocycles. The molecule has 0 spiro atoms. The van der Waals surface area contributed by atoms with Crippen molar-refractivity contribution < 1.29 is 10.0 Å². The van der Waals surface area contributed by atoms with Gasteiger partial charge in [0.05, 0.1) is 0 Å². The highest BCUT2D eigenvalue weighted by molar-refractivity contribution is 5.74. The van der Waals surface area contributed by atoms with E-state index in [1.165, 1.54) is 19.3 Å². The van der Waals surface area contributed by atoms with Gasteiger partial charge in [-0.05, 0) is 18.8 Å². The van der Waals surface area contributed by atoms with Gasteiger partial charge in [-0.2, -0.15) is 0 Å². The summed E-state index contributed by atoms with van der Waals surface area (Å²) in [4.78, 5) is 10.7. The van der Waals surface area contributed by atoms with Crippen molar-refractivity contribution in [2.24, 2.45) is 5.92 Å². The highest BCUT2D eigenvalue weighted by Gasteiger charge is 2.16. The molecule has 3 heteroatoms. The molecule has 0 radical (unpaired) electrons. The first-order valence-corrected chi connectivity index (χ1v) is 4.26. The van der Waals surface area contributed by atoms with Crippen molar-refractivity contribution in [2.45, 2.75) is 38.5 Å². The Morgan fingerprint density at radius 3 is 2.55 bits per heavy atom. The molecule has 1 saturated carbocycles. The Labute approximate surface area is 66.7 Å². The molecule has 0 bridgehead atoms. The lowest BCUT2D eigenvalue weighted by Crippen LogP contribution is -2.22. The number of carbonyl (C=O) groups is 1. The molecule has 0 heterocycles. The Morgan fingerprint density at radius 2 is 2.00 bits per heavy atom. The fourth-order valence-corrected chi connectivity index (χ4v) is 1.70. The Morgan fingerprint density at radius 1 is 1.36 bits per heavy atom. The van der Waals surface area contributed by atoms with Gasteiger partial charge in [0.25, 0.3) is 0 Å². The van der Waals surface area contributed by atoms with Crippen LogP contribution in [0.1, 0.15) is 38.5 Å². The lowest BCUT2D eigenvalue weighted by Gasteiger charge is -2.19. The smallest absolute Gasteiger partial charge is 0.243 e. The van der Waals surface area contributed by atoms with Crippen LogP contribution in [0.15, 0.2) is 0 Å². The monoisotopic (exact) mass is 157 g/mol. The summed E-state index contributed by atoms with van der Waals surface area (Å²) in [6, 6.07) is 0. The van der Waals surface area contributed by atoms with Gasteiger partial charge in [0.2, 0.25) is 5.91 Å². The number of nitrogens with one attached hydrogen (secondary N) is 1. The summed E-state index contributed by atoms with van der Waals surface area (Å²) in [5, 5.41) is 8.27. The fraction of sp³-hybridized carbons (Fsp3) is 0.875. The van der Waals surface area contributed by atoms with Crippen LogP contribution in [0.5, 0.6) is 0 Å². The molecule has 1 aliphatic rings. The second kappa shape index (κ2) is 4.34. The van der Waals surface area contributed by atoms with Crippen molar-refractivity contribution in [1.29, 1.82) is 0 Å². The van der Waals surface area contributed by atoms with Crippen LogP contribution in [0.25, 0.3) is 0 Å². The van der Waals surface area contributed by atoms with E-state index in [0.717, 1.165) is 12.8 Å². The second-order valence-corrected chi connectivity index (χ2v) is 3.24. The van der Waals surface area contributed by atoms with Crippen LogP contribution in [0.4, 0.5) is 0 Å². The summed E-state index contributed by atoms with van der Waals surface area (Å²) in [6.07, 6.45) is 6.57. The van der Waals surface area contributed by atoms with Crippen molar-refractivity contribution in [1.82, 2.24) is 5.48 Å². The first kappa shape index (κ1) is 8.53. The standard InChI is InChI=1S/C8H15NO2/c10-8(9-11)6-7-4-2-1-3-5-7/h7,11H,1-6H2,(H,9,10). The zero-order valence-electron chi connectivity index (χ0n) is 6.68. The van der Waals surface area contributed by atoms with Gasteiger partial charge in [-0.1, -0.05) is 19.3 Å².